The van der Waals surface area contributed by atoms with E-state index >= 15 is 0 Å². The lowest BCUT2D eigenvalue weighted by molar-refractivity contribution is -0.123. The van der Waals surface area contributed by atoms with E-state index in [1.807, 2.05) is 13.8 Å². The average molecular weight is 268 g/mol. The number of methoxy groups -OCH3 is 1. The summed E-state index contributed by atoms with van der Waals surface area (Å²) in [6.45, 7) is 5.91. The Morgan fingerprint density at radius 2 is 2.05 bits per heavy atom. The van der Waals surface area contributed by atoms with Crippen LogP contribution in [0.5, 0.6) is 0 Å². The molecule has 1 amide bonds. The number of rotatable bonds is 6. The fraction of sp³-hybridized carbons (Fsp3) is 0.538. The minimum Gasteiger partial charge on any atom is -0.463 e. The van der Waals surface area contributed by atoms with Gasteiger partial charge in [-0.05, 0) is 26.8 Å². The highest BCUT2D eigenvalue weighted by Crippen LogP contribution is 2.11. The van der Waals surface area contributed by atoms with Crippen molar-refractivity contribution in [3.05, 3.63) is 23.7 Å². The second-order valence-corrected chi connectivity index (χ2v) is 4.53. The maximum Gasteiger partial charge on any atom is 0.374 e. The second kappa shape index (κ2) is 6.94. The molecule has 6 heteroatoms. The summed E-state index contributed by atoms with van der Waals surface area (Å²) in [5, 5.41) is 5.83. The molecule has 0 aliphatic rings. The van der Waals surface area contributed by atoms with Gasteiger partial charge < -0.3 is 19.8 Å². The number of amides is 1. The highest BCUT2D eigenvalue weighted by atomic mass is 16.5. The molecule has 0 saturated heterocycles. The van der Waals surface area contributed by atoms with Gasteiger partial charge in [-0.2, -0.15) is 0 Å². The number of furan rings is 1. The quantitative estimate of drug-likeness (QED) is 0.754. The molecule has 0 radical (unpaired) electrons. The van der Waals surface area contributed by atoms with Gasteiger partial charge in [-0.15, -0.1) is 0 Å². The number of hydrogen-bond acceptors (Lipinski definition) is 5. The van der Waals surface area contributed by atoms with E-state index in [4.69, 9.17) is 4.42 Å². The van der Waals surface area contributed by atoms with Crippen molar-refractivity contribution in [3.63, 3.8) is 0 Å². The van der Waals surface area contributed by atoms with Crippen molar-refractivity contribution < 1.29 is 18.7 Å². The first-order valence-electron chi connectivity index (χ1n) is 6.14. The van der Waals surface area contributed by atoms with Gasteiger partial charge in [0.15, 0.2) is 0 Å². The van der Waals surface area contributed by atoms with Crippen molar-refractivity contribution in [2.75, 3.05) is 7.11 Å². The SMILES string of the molecule is COC(=O)c1occc1CNC(C)C(=O)NC(C)C. The molecule has 0 saturated carbocycles. The first-order chi connectivity index (χ1) is 8.95. The predicted octanol–water partition coefficient (Wildman–Crippen LogP) is 1.07. The van der Waals surface area contributed by atoms with Gasteiger partial charge in [-0.3, -0.25) is 4.79 Å². The summed E-state index contributed by atoms with van der Waals surface area (Å²) in [6.07, 6.45) is 1.42. The van der Waals surface area contributed by atoms with Crippen LogP contribution in [-0.4, -0.2) is 31.1 Å². The summed E-state index contributed by atoms with van der Waals surface area (Å²) in [5.74, 6) is -0.453. The molecular formula is C13H20N2O4. The molecule has 0 spiro atoms. The van der Waals surface area contributed by atoms with Crippen LogP contribution < -0.4 is 10.6 Å². The Balaban J connectivity index is 2.55. The lowest BCUT2D eigenvalue weighted by Crippen LogP contribution is -2.44. The molecule has 1 heterocycles. The Hall–Kier alpha value is -1.82. The fourth-order valence-corrected chi connectivity index (χ4v) is 1.51. The van der Waals surface area contributed by atoms with Crippen molar-refractivity contribution >= 4 is 11.9 Å². The lowest BCUT2D eigenvalue weighted by atomic mass is 10.2. The van der Waals surface area contributed by atoms with Gasteiger partial charge in [0.1, 0.15) is 0 Å². The zero-order chi connectivity index (χ0) is 14.4. The molecule has 1 aromatic heterocycles. The van der Waals surface area contributed by atoms with Crippen LogP contribution in [0.1, 0.15) is 36.9 Å². The van der Waals surface area contributed by atoms with E-state index in [2.05, 4.69) is 15.4 Å². The molecule has 6 nitrogen and oxygen atoms in total. The summed E-state index contributed by atoms with van der Waals surface area (Å²) in [5.41, 5.74) is 0.663. The van der Waals surface area contributed by atoms with Gasteiger partial charge in [0.05, 0.1) is 19.4 Å². The summed E-state index contributed by atoms with van der Waals surface area (Å²) in [4.78, 5) is 23.1. The maximum absolute atomic E-state index is 11.7. The smallest absolute Gasteiger partial charge is 0.374 e. The molecule has 19 heavy (non-hydrogen) atoms. The normalized spacial score (nSPS) is 12.3. The van der Waals surface area contributed by atoms with Gasteiger partial charge in [-0.1, -0.05) is 0 Å². The van der Waals surface area contributed by atoms with Crippen LogP contribution in [0.4, 0.5) is 0 Å². The third-order valence-electron chi connectivity index (χ3n) is 2.54. The summed E-state index contributed by atoms with van der Waals surface area (Å²) >= 11 is 0. The summed E-state index contributed by atoms with van der Waals surface area (Å²) < 4.78 is 9.66. The molecular weight excluding hydrogens is 248 g/mol. The average Bonchev–Trinajstić information content (AvgIpc) is 2.82. The molecule has 1 aromatic rings. The van der Waals surface area contributed by atoms with Crippen molar-refractivity contribution in [1.82, 2.24) is 10.6 Å². The first kappa shape index (κ1) is 15.2. The molecule has 0 aliphatic carbocycles. The number of ether oxygens (including phenoxy) is 1. The van der Waals surface area contributed by atoms with Crippen LogP contribution in [0.3, 0.4) is 0 Å². The van der Waals surface area contributed by atoms with Crippen molar-refractivity contribution in [2.24, 2.45) is 0 Å². The van der Waals surface area contributed by atoms with Crippen LogP contribution in [0, 0.1) is 0 Å². The topological polar surface area (TPSA) is 80.6 Å². The molecule has 0 bridgehead atoms. The van der Waals surface area contributed by atoms with Gasteiger partial charge in [0, 0.05) is 18.2 Å². The van der Waals surface area contributed by atoms with Gasteiger partial charge >= 0.3 is 5.97 Å². The lowest BCUT2D eigenvalue weighted by Gasteiger charge is -2.15. The minimum atomic E-state index is -0.527. The maximum atomic E-state index is 11.7. The summed E-state index contributed by atoms with van der Waals surface area (Å²) in [7, 11) is 1.29. The third kappa shape index (κ3) is 4.40. The Kier molecular flexibility index (Phi) is 5.57. The Labute approximate surface area is 112 Å². The van der Waals surface area contributed by atoms with Crippen molar-refractivity contribution in [3.8, 4) is 0 Å². The van der Waals surface area contributed by atoms with Crippen molar-refractivity contribution in [2.45, 2.75) is 39.4 Å². The molecule has 0 fully saturated rings. The van der Waals surface area contributed by atoms with E-state index in [1.165, 1.54) is 13.4 Å². The van der Waals surface area contributed by atoms with E-state index in [1.54, 1.807) is 13.0 Å². The second-order valence-electron chi connectivity index (χ2n) is 4.53. The zero-order valence-corrected chi connectivity index (χ0v) is 11.6. The van der Waals surface area contributed by atoms with Gasteiger partial charge in [0.25, 0.3) is 0 Å². The molecule has 1 rings (SSSR count). The summed E-state index contributed by atoms with van der Waals surface area (Å²) in [6, 6.07) is 1.41. The first-order valence-corrected chi connectivity index (χ1v) is 6.14. The number of hydrogen-bond donors (Lipinski definition) is 2. The number of nitrogens with one attached hydrogen (secondary N) is 2. The molecule has 1 atom stereocenters. The Bertz CT molecular complexity index is 440. The van der Waals surface area contributed by atoms with E-state index in [9.17, 15) is 9.59 Å². The molecule has 0 aliphatic heterocycles. The van der Waals surface area contributed by atoms with Gasteiger partial charge in [0.2, 0.25) is 11.7 Å². The standard InChI is InChI=1S/C13H20N2O4/c1-8(2)15-12(16)9(3)14-7-10-5-6-19-11(10)13(17)18-4/h5-6,8-9,14H,7H2,1-4H3,(H,15,16). The number of esters is 1. The van der Waals surface area contributed by atoms with E-state index in [0.29, 0.717) is 12.1 Å². The third-order valence-corrected chi connectivity index (χ3v) is 2.54. The minimum absolute atomic E-state index is 0.0851. The molecule has 0 aromatic carbocycles. The Morgan fingerprint density at radius 3 is 2.63 bits per heavy atom. The largest absolute Gasteiger partial charge is 0.463 e. The molecule has 106 valence electrons. The van der Waals surface area contributed by atoms with Crippen LogP contribution in [-0.2, 0) is 16.1 Å². The van der Waals surface area contributed by atoms with Crippen LogP contribution in [0.25, 0.3) is 0 Å². The molecule has 2 N–H and O–H groups in total. The van der Waals surface area contributed by atoms with Crippen molar-refractivity contribution in [1.29, 1.82) is 0 Å². The fourth-order valence-electron chi connectivity index (χ4n) is 1.51. The van der Waals surface area contributed by atoms with E-state index in [-0.39, 0.29) is 23.8 Å². The zero-order valence-electron chi connectivity index (χ0n) is 11.6. The predicted molar refractivity (Wildman–Crippen MR) is 69.6 cm³/mol. The monoisotopic (exact) mass is 268 g/mol. The highest BCUT2D eigenvalue weighted by molar-refractivity contribution is 5.87. The van der Waals surface area contributed by atoms with Gasteiger partial charge in [-0.25, -0.2) is 4.79 Å². The number of carbonyl (C=O) groups excluding carboxylic acids is 2. The highest BCUT2D eigenvalue weighted by Gasteiger charge is 2.18. The molecule has 1 unspecified atom stereocenters. The van der Waals surface area contributed by atoms with Crippen LogP contribution in [0.2, 0.25) is 0 Å². The van der Waals surface area contributed by atoms with E-state index < -0.39 is 5.97 Å². The van der Waals surface area contributed by atoms with Crippen LogP contribution in [0.15, 0.2) is 16.7 Å². The number of carbonyl (C=O) groups is 2. The van der Waals surface area contributed by atoms with Crippen LogP contribution >= 0.6 is 0 Å². The van der Waals surface area contributed by atoms with E-state index in [0.717, 1.165) is 0 Å². The Morgan fingerprint density at radius 1 is 1.37 bits per heavy atom.